The summed E-state index contributed by atoms with van der Waals surface area (Å²) in [4.78, 5) is 23.9. The Balaban J connectivity index is 1.84. The van der Waals surface area contributed by atoms with Crippen LogP contribution in [-0.2, 0) is 14.3 Å². The quantitative estimate of drug-likeness (QED) is 0.803. The number of esters is 1. The van der Waals surface area contributed by atoms with Crippen LogP contribution in [0.4, 0.5) is 5.69 Å². The molecule has 1 N–H and O–H groups in total. The molecule has 0 heterocycles. The Morgan fingerprint density at radius 2 is 2.00 bits per heavy atom. The maximum atomic E-state index is 12.0. The zero-order chi connectivity index (χ0) is 16.1. The van der Waals surface area contributed by atoms with E-state index in [1.54, 1.807) is 19.1 Å². The Kier molecular flexibility index (Phi) is 6.09. The van der Waals surface area contributed by atoms with Crippen molar-refractivity contribution in [3.63, 3.8) is 0 Å². The number of benzene rings is 1. The summed E-state index contributed by atoms with van der Waals surface area (Å²) >= 11 is 11.8. The molecule has 2 rings (SSSR count). The predicted molar refractivity (Wildman–Crippen MR) is 87.2 cm³/mol. The third-order valence-electron chi connectivity index (χ3n) is 3.80. The Morgan fingerprint density at radius 3 is 2.64 bits per heavy atom. The Morgan fingerprint density at radius 1 is 1.32 bits per heavy atom. The number of carbonyl (C=O) groups is 2. The number of amides is 1. The molecule has 0 spiro atoms. The van der Waals surface area contributed by atoms with Crippen LogP contribution >= 0.6 is 23.2 Å². The number of hydrogen-bond donors (Lipinski definition) is 1. The van der Waals surface area contributed by atoms with Gasteiger partial charge in [-0.1, -0.05) is 36.0 Å². The average molecular weight is 344 g/mol. The zero-order valence-corrected chi connectivity index (χ0v) is 13.9. The third kappa shape index (κ3) is 4.89. The van der Waals surface area contributed by atoms with Gasteiger partial charge in [-0.05, 0) is 43.9 Å². The molecule has 1 atom stereocenters. The summed E-state index contributed by atoms with van der Waals surface area (Å²) in [6, 6.07) is 4.77. The monoisotopic (exact) mass is 343 g/mol. The molecule has 0 saturated heterocycles. The number of hydrogen-bond acceptors (Lipinski definition) is 3. The number of anilines is 1. The summed E-state index contributed by atoms with van der Waals surface area (Å²) in [6.45, 7) is 1.55. The molecule has 1 aliphatic rings. The maximum Gasteiger partial charge on any atom is 0.306 e. The van der Waals surface area contributed by atoms with Gasteiger partial charge in [-0.25, -0.2) is 0 Å². The second-order valence-corrected chi connectivity index (χ2v) is 6.44. The maximum absolute atomic E-state index is 12.0. The molecule has 6 heteroatoms. The molecule has 0 aromatic heterocycles. The highest BCUT2D eigenvalue weighted by atomic mass is 35.5. The van der Waals surface area contributed by atoms with Crippen molar-refractivity contribution in [3.05, 3.63) is 28.2 Å². The van der Waals surface area contributed by atoms with Crippen LogP contribution in [0, 0.1) is 5.92 Å². The molecule has 1 unspecified atom stereocenters. The summed E-state index contributed by atoms with van der Waals surface area (Å²) in [5.41, 5.74) is 0.440. The van der Waals surface area contributed by atoms with Gasteiger partial charge in [0.05, 0.1) is 10.7 Å². The smallest absolute Gasteiger partial charge is 0.306 e. The molecule has 0 aliphatic heterocycles. The second-order valence-electron chi connectivity index (χ2n) is 5.60. The van der Waals surface area contributed by atoms with Gasteiger partial charge >= 0.3 is 5.97 Å². The lowest BCUT2D eigenvalue weighted by Crippen LogP contribution is -2.30. The second kappa shape index (κ2) is 7.84. The summed E-state index contributed by atoms with van der Waals surface area (Å²) in [5.74, 6) is -0.339. The van der Waals surface area contributed by atoms with Gasteiger partial charge in [0.15, 0.2) is 6.10 Å². The van der Waals surface area contributed by atoms with E-state index in [-0.39, 0.29) is 5.97 Å². The average Bonchev–Trinajstić information content (AvgIpc) is 2.94. The molecule has 1 aliphatic carbocycles. The van der Waals surface area contributed by atoms with Gasteiger partial charge in [-0.15, -0.1) is 0 Å². The summed E-state index contributed by atoms with van der Waals surface area (Å²) in [5, 5.41) is 3.45. The van der Waals surface area contributed by atoms with Gasteiger partial charge in [0.1, 0.15) is 0 Å². The molecule has 0 bridgehead atoms. The van der Waals surface area contributed by atoms with E-state index in [0.717, 1.165) is 12.8 Å². The van der Waals surface area contributed by atoms with Crippen molar-refractivity contribution >= 4 is 40.8 Å². The Hall–Kier alpha value is -1.26. The Bertz CT molecular complexity index is 556. The number of ether oxygens (including phenoxy) is 1. The van der Waals surface area contributed by atoms with Crippen LogP contribution in [0.2, 0.25) is 10.0 Å². The van der Waals surface area contributed by atoms with Gasteiger partial charge < -0.3 is 10.1 Å². The highest BCUT2D eigenvalue weighted by molar-refractivity contribution is 6.36. The first-order chi connectivity index (χ1) is 10.5. The van der Waals surface area contributed by atoms with Gasteiger partial charge in [-0.2, -0.15) is 0 Å². The predicted octanol–water partition coefficient (Wildman–Crippen LogP) is 4.44. The van der Waals surface area contributed by atoms with Gasteiger partial charge in [-0.3, -0.25) is 9.59 Å². The highest BCUT2D eigenvalue weighted by Crippen LogP contribution is 2.28. The van der Waals surface area contributed by atoms with Crippen molar-refractivity contribution in [1.29, 1.82) is 0 Å². The zero-order valence-electron chi connectivity index (χ0n) is 12.4. The van der Waals surface area contributed by atoms with E-state index in [0.29, 0.717) is 28.1 Å². The highest BCUT2D eigenvalue weighted by Gasteiger charge is 2.23. The van der Waals surface area contributed by atoms with Crippen LogP contribution in [0.15, 0.2) is 18.2 Å². The molecule has 120 valence electrons. The molecule has 1 amide bonds. The molecular weight excluding hydrogens is 325 g/mol. The van der Waals surface area contributed by atoms with E-state index in [1.165, 1.54) is 18.9 Å². The largest absolute Gasteiger partial charge is 0.453 e. The lowest BCUT2D eigenvalue weighted by molar-refractivity contribution is -0.154. The summed E-state index contributed by atoms with van der Waals surface area (Å²) in [6.07, 6.45) is 4.00. The summed E-state index contributed by atoms with van der Waals surface area (Å²) in [7, 11) is 0. The van der Waals surface area contributed by atoms with Crippen LogP contribution in [0.3, 0.4) is 0 Å². The minimum Gasteiger partial charge on any atom is -0.453 e. The van der Waals surface area contributed by atoms with Crippen LogP contribution in [0.1, 0.15) is 39.0 Å². The van der Waals surface area contributed by atoms with Crippen molar-refractivity contribution < 1.29 is 14.3 Å². The fourth-order valence-corrected chi connectivity index (χ4v) is 3.03. The molecule has 1 aromatic rings. The first kappa shape index (κ1) is 17.1. The summed E-state index contributed by atoms with van der Waals surface area (Å²) < 4.78 is 5.19. The van der Waals surface area contributed by atoms with E-state index >= 15 is 0 Å². The SMILES string of the molecule is CC(OC(=O)CC1CCCC1)C(=O)Nc1ccc(Cl)cc1Cl. The van der Waals surface area contributed by atoms with E-state index in [4.69, 9.17) is 27.9 Å². The molecule has 1 fully saturated rings. The van der Waals surface area contributed by atoms with Crippen molar-refractivity contribution in [2.75, 3.05) is 5.32 Å². The van der Waals surface area contributed by atoms with Gasteiger partial charge in [0, 0.05) is 11.4 Å². The number of halogens is 2. The first-order valence-corrected chi connectivity index (χ1v) is 8.16. The van der Waals surface area contributed by atoms with Crippen molar-refractivity contribution in [2.24, 2.45) is 5.92 Å². The molecule has 4 nitrogen and oxygen atoms in total. The lowest BCUT2D eigenvalue weighted by Gasteiger charge is -2.15. The number of rotatable bonds is 5. The van der Waals surface area contributed by atoms with E-state index in [1.807, 2.05) is 0 Å². The molecule has 1 saturated carbocycles. The van der Waals surface area contributed by atoms with Crippen LogP contribution in [-0.4, -0.2) is 18.0 Å². The Labute approximate surface area is 140 Å². The van der Waals surface area contributed by atoms with E-state index < -0.39 is 12.0 Å². The lowest BCUT2D eigenvalue weighted by atomic mass is 10.0. The van der Waals surface area contributed by atoms with Gasteiger partial charge in [0.2, 0.25) is 0 Å². The van der Waals surface area contributed by atoms with Crippen molar-refractivity contribution in [3.8, 4) is 0 Å². The normalized spacial score (nSPS) is 16.3. The molecule has 22 heavy (non-hydrogen) atoms. The topological polar surface area (TPSA) is 55.4 Å². The molecule has 0 radical (unpaired) electrons. The fourth-order valence-electron chi connectivity index (χ4n) is 2.57. The standard InChI is InChI=1S/C16H19Cl2NO3/c1-10(22-15(20)8-11-4-2-3-5-11)16(21)19-14-7-6-12(17)9-13(14)18/h6-7,9-11H,2-5,8H2,1H3,(H,19,21). The van der Waals surface area contributed by atoms with E-state index in [2.05, 4.69) is 5.32 Å². The van der Waals surface area contributed by atoms with Crippen LogP contribution in [0.5, 0.6) is 0 Å². The minimum absolute atomic E-state index is 0.322. The number of nitrogens with one attached hydrogen (secondary N) is 1. The van der Waals surface area contributed by atoms with Crippen LogP contribution < -0.4 is 5.32 Å². The minimum atomic E-state index is -0.861. The van der Waals surface area contributed by atoms with Crippen molar-refractivity contribution in [1.82, 2.24) is 0 Å². The molecular formula is C16H19Cl2NO3. The molecule has 1 aromatic carbocycles. The van der Waals surface area contributed by atoms with Crippen molar-refractivity contribution in [2.45, 2.75) is 45.1 Å². The van der Waals surface area contributed by atoms with Gasteiger partial charge in [0.25, 0.3) is 5.91 Å². The van der Waals surface area contributed by atoms with E-state index in [9.17, 15) is 9.59 Å². The fraction of sp³-hybridized carbons (Fsp3) is 0.500. The first-order valence-electron chi connectivity index (χ1n) is 7.41. The van der Waals surface area contributed by atoms with Crippen LogP contribution in [0.25, 0.3) is 0 Å². The third-order valence-corrected chi connectivity index (χ3v) is 4.34. The number of carbonyl (C=O) groups excluding carboxylic acids is 2.